The number of nitrogens with zero attached hydrogens (tertiary/aromatic N) is 1. The van der Waals surface area contributed by atoms with Crippen LogP contribution in [0.3, 0.4) is 0 Å². The molecule has 1 amide bonds. The molecule has 1 saturated heterocycles. The van der Waals surface area contributed by atoms with Gasteiger partial charge in [0.15, 0.2) is 11.5 Å². The van der Waals surface area contributed by atoms with Crippen LogP contribution in [-0.2, 0) is 15.0 Å². The van der Waals surface area contributed by atoms with Crippen molar-refractivity contribution in [1.29, 1.82) is 0 Å². The summed E-state index contributed by atoms with van der Waals surface area (Å²) in [6.07, 6.45) is 5.78. The van der Waals surface area contributed by atoms with E-state index in [0.29, 0.717) is 30.5 Å². The third-order valence-corrected chi connectivity index (χ3v) is 7.00. The molecule has 2 aliphatic carbocycles. The number of amides is 1. The normalized spacial score (nSPS) is 26.3. The number of rotatable bonds is 6. The summed E-state index contributed by atoms with van der Waals surface area (Å²) in [5, 5.41) is 9.66. The van der Waals surface area contributed by atoms with Crippen LogP contribution in [0, 0.1) is 17.8 Å². The van der Waals surface area contributed by atoms with E-state index in [1.54, 1.807) is 14.2 Å². The molecular formula is C22H29NO5. The largest absolute Gasteiger partial charge is 0.493 e. The van der Waals surface area contributed by atoms with Gasteiger partial charge < -0.3 is 19.5 Å². The fraction of sp³-hybridized carbons (Fsp3) is 0.636. The second-order valence-corrected chi connectivity index (χ2v) is 8.52. The molecule has 0 unspecified atom stereocenters. The summed E-state index contributed by atoms with van der Waals surface area (Å²) in [6.45, 7) is 0.917. The molecule has 0 radical (unpaired) electrons. The monoisotopic (exact) mass is 387 g/mol. The Labute approximate surface area is 165 Å². The fourth-order valence-electron chi connectivity index (χ4n) is 5.30. The standard InChI is InChI=1S/C22H29NO5/c1-27-18-8-7-15(11-19(18)28-2)22(9-3-4-10-22)21(26)23-12-16(14-5-6-14)17(13-23)20(24)25/h7-8,11,14,16-17H,3-6,9-10,12-13H2,1-2H3,(H,24,25)/t16-,17+/m1/s1. The van der Waals surface area contributed by atoms with Crippen molar-refractivity contribution in [3.63, 3.8) is 0 Å². The van der Waals surface area contributed by atoms with Gasteiger partial charge in [0.2, 0.25) is 5.91 Å². The second-order valence-electron chi connectivity index (χ2n) is 8.52. The summed E-state index contributed by atoms with van der Waals surface area (Å²) in [6, 6.07) is 5.75. The van der Waals surface area contributed by atoms with Gasteiger partial charge in [-0.3, -0.25) is 9.59 Å². The number of benzene rings is 1. The SMILES string of the molecule is COc1ccc(C2(C(=O)N3C[C@H](C(=O)O)[C@@H](C4CC4)C3)CCCC2)cc1OC. The first kappa shape index (κ1) is 19.1. The zero-order valence-corrected chi connectivity index (χ0v) is 16.6. The van der Waals surface area contributed by atoms with Crippen molar-refractivity contribution in [3.8, 4) is 11.5 Å². The highest BCUT2D eigenvalue weighted by molar-refractivity contribution is 5.90. The van der Waals surface area contributed by atoms with Crippen molar-refractivity contribution < 1.29 is 24.2 Å². The van der Waals surface area contributed by atoms with E-state index < -0.39 is 17.3 Å². The smallest absolute Gasteiger partial charge is 0.308 e. The maximum Gasteiger partial charge on any atom is 0.308 e. The van der Waals surface area contributed by atoms with E-state index in [4.69, 9.17) is 9.47 Å². The zero-order chi connectivity index (χ0) is 19.9. The third-order valence-electron chi connectivity index (χ3n) is 7.00. The Morgan fingerprint density at radius 1 is 1.07 bits per heavy atom. The minimum atomic E-state index is -0.765. The van der Waals surface area contributed by atoms with Crippen molar-refractivity contribution in [1.82, 2.24) is 4.90 Å². The molecule has 0 bridgehead atoms. The van der Waals surface area contributed by atoms with E-state index in [1.807, 2.05) is 23.1 Å². The van der Waals surface area contributed by atoms with Crippen LogP contribution >= 0.6 is 0 Å². The number of carboxylic acids is 1. The van der Waals surface area contributed by atoms with Crippen LogP contribution in [0.2, 0.25) is 0 Å². The Kier molecular flexibility index (Phi) is 4.98. The van der Waals surface area contributed by atoms with Crippen molar-refractivity contribution in [2.75, 3.05) is 27.3 Å². The molecule has 1 aromatic rings. The van der Waals surface area contributed by atoms with Crippen molar-refractivity contribution >= 4 is 11.9 Å². The quantitative estimate of drug-likeness (QED) is 0.812. The average Bonchev–Trinajstić information content (AvgIpc) is 3.26. The lowest BCUT2D eigenvalue weighted by Crippen LogP contribution is -2.45. The topological polar surface area (TPSA) is 76.1 Å². The van der Waals surface area contributed by atoms with Gasteiger partial charge in [0.1, 0.15) is 0 Å². The molecule has 2 atom stereocenters. The summed E-state index contributed by atoms with van der Waals surface area (Å²) in [4.78, 5) is 27.3. The molecule has 3 fully saturated rings. The van der Waals surface area contributed by atoms with Gasteiger partial charge in [0.05, 0.1) is 25.6 Å². The molecule has 0 aromatic heterocycles. The minimum Gasteiger partial charge on any atom is -0.493 e. The maximum atomic E-state index is 13.7. The molecule has 1 heterocycles. The van der Waals surface area contributed by atoms with Crippen LogP contribution < -0.4 is 9.47 Å². The highest BCUT2D eigenvalue weighted by Gasteiger charge is 2.52. The van der Waals surface area contributed by atoms with Gasteiger partial charge in [-0.2, -0.15) is 0 Å². The third kappa shape index (κ3) is 3.12. The molecule has 6 nitrogen and oxygen atoms in total. The number of ether oxygens (including phenoxy) is 2. The number of carbonyl (C=O) groups excluding carboxylic acids is 1. The van der Waals surface area contributed by atoms with Gasteiger partial charge in [-0.1, -0.05) is 18.9 Å². The van der Waals surface area contributed by atoms with Crippen molar-refractivity contribution in [2.45, 2.75) is 43.9 Å². The van der Waals surface area contributed by atoms with Gasteiger partial charge in [-0.15, -0.1) is 0 Å². The van der Waals surface area contributed by atoms with E-state index in [1.165, 1.54) is 0 Å². The van der Waals surface area contributed by atoms with Crippen molar-refractivity contribution in [2.24, 2.45) is 17.8 Å². The zero-order valence-electron chi connectivity index (χ0n) is 16.6. The van der Waals surface area contributed by atoms with Gasteiger partial charge in [0, 0.05) is 13.1 Å². The van der Waals surface area contributed by atoms with E-state index in [2.05, 4.69) is 0 Å². The highest BCUT2D eigenvalue weighted by atomic mass is 16.5. The Morgan fingerprint density at radius 2 is 1.75 bits per heavy atom. The van der Waals surface area contributed by atoms with Crippen molar-refractivity contribution in [3.05, 3.63) is 23.8 Å². The molecule has 1 aromatic carbocycles. The van der Waals surface area contributed by atoms with E-state index in [-0.39, 0.29) is 11.8 Å². The first-order chi connectivity index (χ1) is 13.5. The maximum absolute atomic E-state index is 13.7. The Balaban J connectivity index is 1.64. The summed E-state index contributed by atoms with van der Waals surface area (Å²) in [7, 11) is 3.20. The number of aliphatic carboxylic acids is 1. The molecular weight excluding hydrogens is 358 g/mol. The van der Waals surface area contributed by atoms with E-state index in [9.17, 15) is 14.7 Å². The molecule has 28 heavy (non-hydrogen) atoms. The number of methoxy groups -OCH3 is 2. The lowest BCUT2D eigenvalue weighted by molar-refractivity contribution is -0.143. The highest BCUT2D eigenvalue weighted by Crippen LogP contribution is 2.48. The number of carbonyl (C=O) groups is 2. The summed E-state index contributed by atoms with van der Waals surface area (Å²) in [5.74, 6) is 0.739. The molecule has 4 rings (SSSR count). The predicted molar refractivity (Wildman–Crippen MR) is 104 cm³/mol. The number of carboxylic acid groups (broad SMARTS) is 1. The van der Waals surface area contributed by atoms with Crippen LogP contribution in [0.25, 0.3) is 0 Å². The minimum absolute atomic E-state index is 0.0895. The number of hydrogen-bond donors (Lipinski definition) is 1. The van der Waals surface area contributed by atoms with Crippen LogP contribution in [0.15, 0.2) is 18.2 Å². The second kappa shape index (κ2) is 7.30. The number of hydrogen-bond acceptors (Lipinski definition) is 4. The summed E-state index contributed by atoms with van der Waals surface area (Å²) >= 11 is 0. The lowest BCUT2D eigenvalue weighted by Gasteiger charge is -2.33. The Bertz CT molecular complexity index is 766. The average molecular weight is 387 g/mol. The molecule has 0 spiro atoms. The van der Waals surface area contributed by atoms with Crippen LogP contribution in [-0.4, -0.2) is 49.2 Å². The van der Waals surface area contributed by atoms with Crippen LogP contribution in [0.4, 0.5) is 0 Å². The molecule has 2 saturated carbocycles. The summed E-state index contributed by atoms with van der Waals surface area (Å²) < 4.78 is 10.8. The van der Waals surface area contributed by atoms with Gasteiger partial charge in [-0.25, -0.2) is 0 Å². The van der Waals surface area contributed by atoms with E-state index >= 15 is 0 Å². The van der Waals surface area contributed by atoms with E-state index in [0.717, 1.165) is 44.1 Å². The molecule has 1 aliphatic heterocycles. The van der Waals surface area contributed by atoms with Gasteiger partial charge in [0.25, 0.3) is 0 Å². The summed E-state index contributed by atoms with van der Waals surface area (Å²) in [5.41, 5.74) is 0.371. The Morgan fingerprint density at radius 3 is 2.32 bits per heavy atom. The van der Waals surface area contributed by atoms with Crippen LogP contribution in [0.5, 0.6) is 11.5 Å². The lowest BCUT2D eigenvalue weighted by atomic mass is 9.77. The first-order valence-electron chi connectivity index (χ1n) is 10.2. The number of likely N-dealkylation sites (tertiary alicyclic amines) is 1. The molecule has 3 aliphatic rings. The van der Waals surface area contributed by atoms with Gasteiger partial charge >= 0.3 is 5.97 Å². The Hall–Kier alpha value is -2.24. The molecule has 1 N–H and O–H groups in total. The predicted octanol–water partition coefficient (Wildman–Crippen LogP) is 3.08. The fourth-order valence-corrected chi connectivity index (χ4v) is 5.30. The molecule has 6 heteroatoms. The molecule has 152 valence electrons. The van der Waals surface area contributed by atoms with Crippen LogP contribution in [0.1, 0.15) is 44.1 Å². The first-order valence-corrected chi connectivity index (χ1v) is 10.2. The van der Waals surface area contributed by atoms with Gasteiger partial charge in [-0.05, 0) is 55.2 Å².